The van der Waals surface area contributed by atoms with Gasteiger partial charge in [0, 0.05) is 5.38 Å². The molecule has 0 radical (unpaired) electrons. The summed E-state index contributed by atoms with van der Waals surface area (Å²) < 4.78 is 0. The van der Waals surface area contributed by atoms with Gasteiger partial charge in [0.2, 0.25) is 0 Å². The molecule has 10 heavy (non-hydrogen) atoms. The van der Waals surface area contributed by atoms with E-state index in [1.54, 1.807) is 5.38 Å². The van der Waals surface area contributed by atoms with Crippen molar-refractivity contribution >= 4 is 22.9 Å². The largest absolute Gasteiger partial charge is 0.383 e. The van der Waals surface area contributed by atoms with Gasteiger partial charge in [0.25, 0.3) is 0 Å². The lowest BCUT2D eigenvalue weighted by Crippen LogP contribution is -1.95. The van der Waals surface area contributed by atoms with Crippen LogP contribution in [0, 0.1) is 0 Å². The molecule has 0 unspecified atom stereocenters. The summed E-state index contributed by atoms with van der Waals surface area (Å²) in [5.74, 6) is 0.621. The van der Waals surface area contributed by atoms with Gasteiger partial charge in [-0.05, 0) is 6.92 Å². The summed E-state index contributed by atoms with van der Waals surface area (Å²) in [4.78, 5) is 14.5. The second-order valence-electron chi connectivity index (χ2n) is 2.04. The Kier molecular flexibility index (Phi) is 2.01. The van der Waals surface area contributed by atoms with Crippen molar-refractivity contribution in [3.05, 3.63) is 10.4 Å². The normalized spacial score (nSPS) is 9.70. The standard InChI is InChI=1S/C6H8N2OS/c1-4(9)2-6-8-5(7)3-10-6/h3H,2,7H2,1H3. The molecule has 1 heterocycles. The van der Waals surface area contributed by atoms with Crippen LogP contribution in [0.3, 0.4) is 0 Å². The summed E-state index contributed by atoms with van der Waals surface area (Å²) in [6.07, 6.45) is 0.405. The van der Waals surface area contributed by atoms with Crippen LogP contribution in [0.15, 0.2) is 5.38 Å². The molecule has 0 saturated heterocycles. The smallest absolute Gasteiger partial charge is 0.136 e. The summed E-state index contributed by atoms with van der Waals surface area (Å²) in [5.41, 5.74) is 5.34. The number of nitrogen functional groups attached to an aromatic ring is 1. The second kappa shape index (κ2) is 2.79. The fourth-order valence-corrected chi connectivity index (χ4v) is 1.37. The summed E-state index contributed by atoms with van der Waals surface area (Å²) in [6.45, 7) is 1.54. The maximum absolute atomic E-state index is 10.5. The molecular formula is C6H8N2OS. The van der Waals surface area contributed by atoms with E-state index in [0.717, 1.165) is 5.01 Å². The zero-order valence-electron chi connectivity index (χ0n) is 5.63. The van der Waals surface area contributed by atoms with Gasteiger partial charge in [-0.3, -0.25) is 4.79 Å². The number of hydrogen-bond donors (Lipinski definition) is 1. The summed E-state index contributed by atoms with van der Waals surface area (Å²) >= 11 is 1.42. The van der Waals surface area contributed by atoms with E-state index in [9.17, 15) is 4.79 Å². The SMILES string of the molecule is CC(=O)Cc1nc(N)cs1. The van der Waals surface area contributed by atoms with Crippen LogP contribution in [0.1, 0.15) is 11.9 Å². The maximum atomic E-state index is 10.5. The molecule has 0 aliphatic carbocycles. The number of thiazole rings is 1. The van der Waals surface area contributed by atoms with Crippen molar-refractivity contribution in [2.75, 3.05) is 5.73 Å². The highest BCUT2D eigenvalue weighted by molar-refractivity contribution is 7.10. The molecule has 0 fully saturated rings. The van der Waals surface area contributed by atoms with Crippen LogP contribution >= 0.6 is 11.3 Å². The van der Waals surface area contributed by atoms with Crippen LogP contribution in [-0.4, -0.2) is 10.8 Å². The highest BCUT2D eigenvalue weighted by Gasteiger charge is 2.00. The van der Waals surface area contributed by atoms with Crippen molar-refractivity contribution in [2.45, 2.75) is 13.3 Å². The van der Waals surface area contributed by atoms with E-state index < -0.39 is 0 Å². The molecule has 1 aromatic rings. The number of carbonyl (C=O) groups excluding carboxylic acids is 1. The number of nitrogens with two attached hydrogens (primary N) is 1. The van der Waals surface area contributed by atoms with Crippen LogP contribution in [0.2, 0.25) is 0 Å². The lowest BCUT2D eigenvalue weighted by atomic mass is 10.3. The van der Waals surface area contributed by atoms with Gasteiger partial charge in [-0.25, -0.2) is 4.98 Å². The fourth-order valence-electron chi connectivity index (χ4n) is 0.619. The third kappa shape index (κ3) is 1.80. The van der Waals surface area contributed by atoms with Crippen molar-refractivity contribution in [3.63, 3.8) is 0 Å². The van der Waals surface area contributed by atoms with E-state index in [1.165, 1.54) is 18.3 Å². The first kappa shape index (κ1) is 7.21. The molecule has 0 bridgehead atoms. The lowest BCUT2D eigenvalue weighted by molar-refractivity contribution is -0.116. The topological polar surface area (TPSA) is 56.0 Å². The number of Topliss-reactive ketones (excluding diaryl/α,β-unsaturated/α-hetero) is 1. The lowest BCUT2D eigenvalue weighted by Gasteiger charge is -1.85. The van der Waals surface area contributed by atoms with Gasteiger partial charge >= 0.3 is 0 Å². The molecule has 0 aliphatic heterocycles. The Morgan fingerprint density at radius 1 is 1.90 bits per heavy atom. The zero-order chi connectivity index (χ0) is 7.56. The maximum Gasteiger partial charge on any atom is 0.136 e. The number of aromatic nitrogens is 1. The Morgan fingerprint density at radius 2 is 2.60 bits per heavy atom. The highest BCUT2D eigenvalue weighted by Crippen LogP contribution is 2.11. The van der Waals surface area contributed by atoms with E-state index in [1.807, 2.05) is 0 Å². The Balaban J connectivity index is 2.67. The van der Waals surface area contributed by atoms with E-state index in [0.29, 0.717) is 12.2 Å². The summed E-state index contributed by atoms with van der Waals surface area (Å²) in [5, 5.41) is 2.53. The average molecular weight is 156 g/mol. The molecular weight excluding hydrogens is 148 g/mol. The van der Waals surface area contributed by atoms with Crippen molar-refractivity contribution in [3.8, 4) is 0 Å². The Hall–Kier alpha value is -0.900. The molecule has 0 spiro atoms. The van der Waals surface area contributed by atoms with Crippen molar-refractivity contribution in [2.24, 2.45) is 0 Å². The Labute approximate surface area is 62.9 Å². The van der Waals surface area contributed by atoms with Gasteiger partial charge < -0.3 is 5.73 Å². The van der Waals surface area contributed by atoms with Gasteiger partial charge in [0.1, 0.15) is 16.6 Å². The van der Waals surface area contributed by atoms with Crippen molar-refractivity contribution in [1.29, 1.82) is 0 Å². The molecule has 0 atom stereocenters. The molecule has 54 valence electrons. The first-order chi connectivity index (χ1) is 4.68. The first-order valence-corrected chi connectivity index (χ1v) is 3.76. The predicted octanol–water partition coefficient (Wildman–Crippen LogP) is 0.857. The van der Waals surface area contributed by atoms with E-state index in [-0.39, 0.29) is 5.78 Å². The first-order valence-electron chi connectivity index (χ1n) is 2.88. The molecule has 0 saturated carbocycles. The van der Waals surface area contributed by atoms with E-state index >= 15 is 0 Å². The minimum atomic E-state index is 0.120. The number of ketones is 1. The molecule has 4 heteroatoms. The fraction of sp³-hybridized carbons (Fsp3) is 0.333. The minimum Gasteiger partial charge on any atom is -0.383 e. The predicted molar refractivity (Wildman–Crippen MR) is 40.9 cm³/mol. The average Bonchev–Trinajstić information content (AvgIpc) is 2.13. The summed E-state index contributed by atoms with van der Waals surface area (Å²) in [7, 11) is 0. The molecule has 2 N–H and O–H groups in total. The van der Waals surface area contributed by atoms with Gasteiger partial charge in [0.05, 0.1) is 6.42 Å². The number of anilines is 1. The van der Waals surface area contributed by atoms with E-state index in [4.69, 9.17) is 5.73 Å². The van der Waals surface area contributed by atoms with Crippen LogP contribution in [0.25, 0.3) is 0 Å². The van der Waals surface area contributed by atoms with Crippen LogP contribution in [-0.2, 0) is 11.2 Å². The molecule has 0 aliphatic rings. The van der Waals surface area contributed by atoms with Crippen LogP contribution < -0.4 is 5.73 Å². The number of nitrogens with zero attached hydrogens (tertiary/aromatic N) is 1. The van der Waals surface area contributed by atoms with Gasteiger partial charge in [-0.15, -0.1) is 11.3 Å². The Morgan fingerprint density at radius 3 is 3.00 bits per heavy atom. The van der Waals surface area contributed by atoms with Crippen LogP contribution in [0.4, 0.5) is 5.82 Å². The Bertz CT molecular complexity index is 244. The van der Waals surface area contributed by atoms with E-state index in [2.05, 4.69) is 4.98 Å². The molecule has 3 nitrogen and oxygen atoms in total. The molecule has 1 aromatic heterocycles. The van der Waals surface area contributed by atoms with Gasteiger partial charge in [-0.2, -0.15) is 0 Å². The van der Waals surface area contributed by atoms with Crippen molar-refractivity contribution in [1.82, 2.24) is 4.98 Å². The monoisotopic (exact) mass is 156 g/mol. The zero-order valence-corrected chi connectivity index (χ0v) is 6.44. The highest BCUT2D eigenvalue weighted by atomic mass is 32.1. The summed E-state index contributed by atoms with van der Waals surface area (Å²) in [6, 6.07) is 0. The molecule has 1 rings (SSSR count). The third-order valence-corrected chi connectivity index (χ3v) is 1.84. The number of carbonyl (C=O) groups is 1. The number of hydrogen-bond acceptors (Lipinski definition) is 4. The van der Waals surface area contributed by atoms with Crippen molar-refractivity contribution < 1.29 is 4.79 Å². The van der Waals surface area contributed by atoms with Gasteiger partial charge in [-0.1, -0.05) is 0 Å². The quantitative estimate of drug-likeness (QED) is 0.690. The van der Waals surface area contributed by atoms with Crippen LogP contribution in [0.5, 0.6) is 0 Å². The minimum absolute atomic E-state index is 0.120. The second-order valence-corrected chi connectivity index (χ2v) is 2.99. The number of rotatable bonds is 2. The van der Waals surface area contributed by atoms with Gasteiger partial charge in [0.15, 0.2) is 0 Å². The molecule has 0 aromatic carbocycles. The molecule has 0 amide bonds. The third-order valence-electron chi connectivity index (χ3n) is 0.970.